The molecule has 2 aromatic carbocycles. The Bertz CT molecular complexity index is 910. The number of nitrogens with zero attached hydrogens (tertiary/aromatic N) is 1. The van der Waals surface area contributed by atoms with Crippen LogP contribution in [0.2, 0.25) is 0 Å². The lowest BCUT2D eigenvalue weighted by atomic mass is 10.1. The van der Waals surface area contributed by atoms with E-state index in [0.29, 0.717) is 12.1 Å². The summed E-state index contributed by atoms with van der Waals surface area (Å²) in [5.41, 5.74) is 3.03. The number of carbonyl (C=O) groups is 1. The Labute approximate surface area is 128 Å². The Hall–Kier alpha value is -3.06. The number of aromatic nitrogens is 1. The van der Waals surface area contributed by atoms with E-state index in [4.69, 9.17) is 11.2 Å². The van der Waals surface area contributed by atoms with Gasteiger partial charge in [-0.2, -0.15) is 0 Å². The predicted molar refractivity (Wildman–Crippen MR) is 87.9 cm³/mol. The van der Waals surface area contributed by atoms with Gasteiger partial charge in [0.15, 0.2) is 0 Å². The molecule has 0 atom stereocenters. The zero-order valence-electron chi connectivity index (χ0n) is 12.1. The molecular formula is C18H14N2O2. The quantitative estimate of drug-likeness (QED) is 0.457. The van der Waals surface area contributed by atoms with Gasteiger partial charge in [0.25, 0.3) is 0 Å². The molecule has 22 heavy (non-hydrogen) atoms. The molecule has 108 valence electrons. The van der Waals surface area contributed by atoms with Crippen LogP contribution in [-0.2, 0) is 4.74 Å². The van der Waals surface area contributed by atoms with Crippen molar-refractivity contribution in [3.63, 3.8) is 0 Å². The number of rotatable bonds is 3. The van der Waals surface area contributed by atoms with E-state index in [0.717, 1.165) is 27.5 Å². The van der Waals surface area contributed by atoms with E-state index in [2.05, 4.69) is 16.2 Å². The number of pyridine rings is 1. The van der Waals surface area contributed by atoms with E-state index in [1.165, 1.54) is 7.11 Å². The average molecular weight is 290 g/mol. The molecule has 0 bridgehead atoms. The summed E-state index contributed by atoms with van der Waals surface area (Å²) in [5, 5.41) is 5.05. The lowest BCUT2D eigenvalue weighted by molar-refractivity contribution is 0.0601. The molecular weight excluding hydrogens is 276 g/mol. The van der Waals surface area contributed by atoms with Gasteiger partial charge in [0, 0.05) is 10.8 Å². The van der Waals surface area contributed by atoms with E-state index >= 15 is 0 Å². The van der Waals surface area contributed by atoms with Crippen molar-refractivity contribution in [3.05, 3.63) is 48.0 Å². The molecule has 3 rings (SSSR count). The number of ether oxygens (including phenoxy) is 1. The number of carbonyl (C=O) groups excluding carboxylic acids is 1. The van der Waals surface area contributed by atoms with Gasteiger partial charge in [-0.05, 0) is 24.3 Å². The third-order valence-electron chi connectivity index (χ3n) is 3.47. The normalized spacial score (nSPS) is 10.4. The van der Waals surface area contributed by atoms with Crippen LogP contribution in [0.5, 0.6) is 0 Å². The Kier molecular flexibility index (Phi) is 3.63. The number of nitrogens with one attached hydrogen (secondary N) is 1. The van der Waals surface area contributed by atoms with Gasteiger partial charge < -0.3 is 10.1 Å². The van der Waals surface area contributed by atoms with E-state index < -0.39 is 0 Å². The number of hydrogen-bond donors (Lipinski definition) is 1. The van der Waals surface area contributed by atoms with E-state index in [1.807, 2.05) is 30.3 Å². The first-order valence-electron chi connectivity index (χ1n) is 6.82. The fourth-order valence-corrected chi connectivity index (χ4v) is 2.47. The SMILES string of the molecule is C#CCNc1c2ccccc2nc2ccc(C(=O)OC)cc12. The Morgan fingerprint density at radius 1 is 1.23 bits per heavy atom. The third kappa shape index (κ3) is 2.33. The number of para-hydroxylation sites is 1. The molecule has 0 fully saturated rings. The summed E-state index contributed by atoms with van der Waals surface area (Å²) in [4.78, 5) is 16.4. The molecule has 3 aromatic rings. The molecule has 0 aliphatic rings. The molecule has 0 unspecified atom stereocenters. The summed E-state index contributed by atoms with van der Waals surface area (Å²) in [6.45, 7) is 0.394. The average Bonchev–Trinajstić information content (AvgIpc) is 2.57. The van der Waals surface area contributed by atoms with E-state index in [9.17, 15) is 4.79 Å². The van der Waals surface area contributed by atoms with Crippen LogP contribution in [0.1, 0.15) is 10.4 Å². The van der Waals surface area contributed by atoms with Gasteiger partial charge in [0.2, 0.25) is 0 Å². The fourth-order valence-electron chi connectivity index (χ4n) is 2.47. The van der Waals surface area contributed by atoms with Crippen LogP contribution < -0.4 is 5.32 Å². The highest BCUT2D eigenvalue weighted by Crippen LogP contribution is 2.31. The van der Waals surface area contributed by atoms with Crippen molar-refractivity contribution in [2.45, 2.75) is 0 Å². The second kappa shape index (κ2) is 5.74. The standard InChI is InChI=1S/C18H14N2O2/c1-3-10-19-17-13-6-4-5-7-15(13)20-16-9-8-12(11-14(16)17)18(21)22-2/h1,4-9,11H,10H2,2H3,(H,19,20). The van der Waals surface area contributed by atoms with Gasteiger partial charge in [0.05, 0.1) is 35.9 Å². The minimum Gasteiger partial charge on any atom is -0.465 e. The summed E-state index contributed by atoms with van der Waals surface area (Å²) in [5.74, 6) is 2.19. The summed E-state index contributed by atoms with van der Waals surface area (Å²) in [6, 6.07) is 13.1. The maximum Gasteiger partial charge on any atom is 0.337 e. The Balaban J connectivity index is 2.32. The monoisotopic (exact) mass is 290 g/mol. The van der Waals surface area contributed by atoms with Gasteiger partial charge in [-0.15, -0.1) is 6.42 Å². The molecule has 0 saturated heterocycles. The van der Waals surface area contributed by atoms with Crippen molar-refractivity contribution < 1.29 is 9.53 Å². The molecule has 0 amide bonds. The largest absolute Gasteiger partial charge is 0.465 e. The lowest BCUT2D eigenvalue weighted by Crippen LogP contribution is -2.04. The van der Waals surface area contributed by atoms with Gasteiger partial charge in [-0.25, -0.2) is 9.78 Å². The van der Waals surface area contributed by atoms with Crippen LogP contribution >= 0.6 is 0 Å². The third-order valence-corrected chi connectivity index (χ3v) is 3.47. The molecule has 4 nitrogen and oxygen atoms in total. The highest BCUT2D eigenvalue weighted by molar-refractivity contribution is 6.09. The molecule has 0 aliphatic carbocycles. The van der Waals surface area contributed by atoms with E-state index in [-0.39, 0.29) is 5.97 Å². The molecule has 0 saturated carbocycles. The number of hydrogen-bond acceptors (Lipinski definition) is 4. The van der Waals surface area contributed by atoms with Crippen LogP contribution in [0.3, 0.4) is 0 Å². The van der Waals surface area contributed by atoms with Crippen molar-refractivity contribution in [3.8, 4) is 12.3 Å². The van der Waals surface area contributed by atoms with Crippen molar-refractivity contribution in [2.75, 3.05) is 19.0 Å². The Morgan fingerprint density at radius 3 is 2.77 bits per heavy atom. The van der Waals surface area contributed by atoms with Crippen molar-refractivity contribution in [1.82, 2.24) is 4.98 Å². The fraction of sp³-hybridized carbons (Fsp3) is 0.111. The van der Waals surface area contributed by atoms with Gasteiger partial charge in [0.1, 0.15) is 0 Å². The molecule has 1 aromatic heterocycles. The van der Waals surface area contributed by atoms with Crippen LogP contribution in [0, 0.1) is 12.3 Å². The van der Waals surface area contributed by atoms with Gasteiger partial charge in [-0.3, -0.25) is 0 Å². The van der Waals surface area contributed by atoms with E-state index in [1.54, 1.807) is 12.1 Å². The van der Waals surface area contributed by atoms with Crippen LogP contribution in [0.4, 0.5) is 5.69 Å². The summed E-state index contributed by atoms with van der Waals surface area (Å²) in [6.07, 6.45) is 5.36. The van der Waals surface area contributed by atoms with Crippen molar-refractivity contribution in [2.24, 2.45) is 0 Å². The first-order chi connectivity index (χ1) is 10.7. The molecule has 1 heterocycles. The minimum atomic E-state index is -0.377. The molecule has 0 radical (unpaired) electrons. The zero-order valence-corrected chi connectivity index (χ0v) is 12.1. The van der Waals surface area contributed by atoms with Gasteiger partial charge >= 0.3 is 5.97 Å². The summed E-state index contributed by atoms with van der Waals surface area (Å²) < 4.78 is 4.78. The summed E-state index contributed by atoms with van der Waals surface area (Å²) >= 11 is 0. The number of terminal acetylenes is 1. The van der Waals surface area contributed by atoms with Crippen LogP contribution in [-0.4, -0.2) is 24.6 Å². The topological polar surface area (TPSA) is 51.2 Å². The molecule has 4 heteroatoms. The second-order valence-corrected chi connectivity index (χ2v) is 4.79. The second-order valence-electron chi connectivity index (χ2n) is 4.79. The zero-order chi connectivity index (χ0) is 15.5. The maximum absolute atomic E-state index is 11.8. The minimum absolute atomic E-state index is 0.377. The lowest BCUT2D eigenvalue weighted by Gasteiger charge is -2.12. The highest BCUT2D eigenvalue weighted by atomic mass is 16.5. The maximum atomic E-state index is 11.8. The smallest absolute Gasteiger partial charge is 0.337 e. The van der Waals surface area contributed by atoms with Crippen molar-refractivity contribution >= 4 is 33.5 Å². The summed E-state index contributed by atoms with van der Waals surface area (Å²) in [7, 11) is 1.36. The van der Waals surface area contributed by atoms with Gasteiger partial charge in [-0.1, -0.05) is 24.1 Å². The first kappa shape index (κ1) is 13.9. The highest BCUT2D eigenvalue weighted by Gasteiger charge is 2.12. The molecule has 0 spiro atoms. The number of anilines is 1. The predicted octanol–water partition coefficient (Wildman–Crippen LogP) is 3.22. The number of esters is 1. The first-order valence-corrected chi connectivity index (χ1v) is 6.82. The number of fused-ring (bicyclic) bond motifs is 2. The van der Waals surface area contributed by atoms with Crippen LogP contribution in [0.25, 0.3) is 21.8 Å². The Morgan fingerprint density at radius 2 is 2.00 bits per heavy atom. The molecule has 1 N–H and O–H groups in total. The molecule has 0 aliphatic heterocycles. The number of benzene rings is 2. The van der Waals surface area contributed by atoms with Crippen LogP contribution in [0.15, 0.2) is 42.5 Å². The number of methoxy groups -OCH3 is 1. The van der Waals surface area contributed by atoms with Crippen molar-refractivity contribution in [1.29, 1.82) is 0 Å².